The Morgan fingerprint density at radius 1 is 1.15 bits per heavy atom. The first-order valence-electron chi connectivity index (χ1n) is 10.7. The molecule has 174 valence electrons. The Labute approximate surface area is 209 Å². The van der Waals surface area contributed by atoms with Gasteiger partial charge in [0.15, 0.2) is 10.4 Å². The molecule has 2 aliphatic rings. The number of hydrogen-bond donors (Lipinski definition) is 1. The van der Waals surface area contributed by atoms with Crippen molar-refractivity contribution in [3.8, 4) is 0 Å². The number of aryl methyl sites for hydroxylation is 1. The third-order valence-electron chi connectivity index (χ3n) is 5.59. The highest BCUT2D eigenvalue weighted by Crippen LogP contribution is 2.42. The number of β-lactam (4-membered cyclic amide) rings is 1. The van der Waals surface area contributed by atoms with Crippen molar-refractivity contribution in [1.29, 1.82) is 0 Å². The van der Waals surface area contributed by atoms with Crippen LogP contribution in [0.5, 0.6) is 0 Å². The van der Waals surface area contributed by atoms with Crippen LogP contribution in [-0.2, 0) is 14.3 Å². The predicted molar refractivity (Wildman–Crippen MR) is 134 cm³/mol. The van der Waals surface area contributed by atoms with Crippen LogP contribution in [0.2, 0.25) is 0 Å². The van der Waals surface area contributed by atoms with Crippen molar-refractivity contribution in [2.45, 2.75) is 28.8 Å². The zero-order valence-corrected chi connectivity index (χ0v) is 20.7. The van der Waals surface area contributed by atoms with Gasteiger partial charge in [-0.3, -0.25) is 9.69 Å². The molecular weight excluding hydrogens is 488 g/mol. The lowest BCUT2D eigenvalue weighted by molar-refractivity contribution is -0.153. The van der Waals surface area contributed by atoms with Gasteiger partial charge in [-0.2, -0.15) is 0 Å². The van der Waals surface area contributed by atoms with E-state index in [1.165, 1.54) is 28.0 Å². The third-order valence-corrected chi connectivity index (χ3v) is 9.01. The van der Waals surface area contributed by atoms with Crippen LogP contribution in [0.25, 0.3) is 0 Å². The highest BCUT2D eigenvalue weighted by molar-refractivity contribution is 8.01. The van der Waals surface area contributed by atoms with E-state index in [-0.39, 0.29) is 11.3 Å². The van der Waals surface area contributed by atoms with Crippen LogP contribution in [0.3, 0.4) is 0 Å². The molecule has 34 heavy (non-hydrogen) atoms. The molecule has 7 nitrogen and oxygen atoms in total. The Hall–Kier alpha value is -2.66. The number of hydrogen-bond acceptors (Lipinski definition) is 9. The molecule has 0 bridgehead atoms. The molecule has 1 saturated heterocycles. The summed E-state index contributed by atoms with van der Waals surface area (Å²) in [6.07, 6.45) is -0.597. The van der Waals surface area contributed by atoms with Crippen molar-refractivity contribution in [3.63, 3.8) is 0 Å². The minimum atomic E-state index is -0.605. The number of esters is 1. The SMILES string of the molecule is Cc1nnc(SCC2=C(C(=O)OC(c3ccccc3)c3ccccc3)N3C(=O)C(N)[C@@H]3SC2)s1. The van der Waals surface area contributed by atoms with Crippen molar-refractivity contribution < 1.29 is 14.3 Å². The van der Waals surface area contributed by atoms with Gasteiger partial charge < -0.3 is 10.5 Å². The lowest BCUT2D eigenvalue weighted by Gasteiger charge is -2.48. The van der Waals surface area contributed by atoms with Gasteiger partial charge in [-0.05, 0) is 23.6 Å². The van der Waals surface area contributed by atoms with Gasteiger partial charge in [-0.25, -0.2) is 4.79 Å². The fourth-order valence-corrected chi connectivity index (χ4v) is 7.16. The van der Waals surface area contributed by atoms with E-state index in [0.29, 0.717) is 17.2 Å². The fourth-order valence-electron chi connectivity index (χ4n) is 3.91. The van der Waals surface area contributed by atoms with Gasteiger partial charge in [0.25, 0.3) is 0 Å². The molecule has 2 aromatic carbocycles. The Morgan fingerprint density at radius 2 is 1.79 bits per heavy atom. The third kappa shape index (κ3) is 4.50. The van der Waals surface area contributed by atoms with Crippen molar-refractivity contribution in [1.82, 2.24) is 15.1 Å². The van der Waals surface area contributed by atoms with E-state index < -0.39 is 18.1 Å². The highest BCUT2D eigenvalue weighted by Gasteiger charge is 2.52. The minimum absolute atomic E-state index is 0.250. The standard InChI is InChI=1S/C24H22N4O3S3/c1-14-26-27-24(34-14)33-13-17-12-32-22-18(25)21(29)28(22)19(17)23(30)31-20(15-8-4-2-5-9-15)16-10-6-3-7-11-16/h2-11,18,20,22H,12-13,25H2,1H3/t18?,22-/m0/s1. The van der Waals surface area contributed by atoms with Crippen molar-refractivity contribution in [3.05, 3.63) is 88.1 Å². The van der Waals surface area contributed by atoms with E-state index in [0.717, 1.165) is 26.0 Å². The summed E-state index contributed by atoms with van der Waals surface area (Å²) in [5, 5.41) is 8.84. The summed E-state index contributed by atoms with van der Waals surface area (Å²) in [7, 11) is 0. The number of ether oxygens (including phenoxy) is 1. The van der Waals surface area contributed by atoms with E-state index in [1.54, 1.807) is 11.8 Å². The number of rotatable bonds is 7. The molecule has 3 aromatic rings. The lowest BCUT2D eigenvalue weighted by atomic mass is 10.0. The number of fused-ring (bicyclic) bond motifs is 1. The summed E-state index contributed by atoms with van der Waals surface area (Å²) in [5.74, 6) is 0.333. The van der Waals surface area contributed by atoms with Crippen LogP contribution >= 0.6 is 34.9 Å². The molecule has 0 saturated carbocycles. The largest absolute Gasteiger partial charge is 0.448 e. The second-order valence-electron chi connectivity index (χ2n) is 7.87. The average molecular weight is 511 g/mol. The summed E-state index contributed by atoms with van der Waals surface area (Å²) in [6, 6.07) is 18.6. The predicted octanol–water partition coefficient (Wildman–Crippen LogP) is 3.77. The quantitative estimate of drug-likeness (QED) is 0.291. The minimum Gasteiger partial charge on any atom is -0.448 e. The monoisotopic (exact) mass is 510 g/mol. The molecule has 0 spiro atoms. The maximum Gasteiger partial charge on any atom is 0.356 e. The number of carbonyl (C=O) groups excluding carboxylic acids is 2. The van der Waals surface area contributed by atoms with Crippen molar-refractivity contribution in [2.24, 2.45) is 5.73 Å². The number of thioether (sulfide) groups is 2. The van der Waals surface area contributed by atoms with Gasteiger partial charge in [-0.15, -0.1) is 22.0 Å². The van der Waals surface area contributed by atoms with Crippen LogP contribution in [0.15, 0.2) is 76.3 Å². The molecule has 5 rings (SSSR count). The molecule has 2 aliphatic heterocycles. The molecule has 3 heterocycles. The van der Waals surface area contributed by atoms with Crippen LogP contribution in [0.1, 0.15) is 22.2 Å². The molecule has 1 fully saturated rings. The van der Waals surface area contributed by atoms with Gasteiger partial charge in [0.05, 0.1) is 0 Å². The van der Waals surface area contributed by atoms with Gasteiger partial charge in [0, 0.05) is 11.5 Å². The summed E-state index contributed by atoms with van der Waals surface area (Å²) < 4.78 is 6.93. The normalized spacial score (nSPS) is 19.7. The Bertz CT molecular complexity index is 1190. The first-order chi connectivity index (χ1) is 16.5. The van der Waals surface area contributed by atoms with E-state index >= 15 is 0 Å². The van der Waals surface area contributed by atoms with E-state index in [1.807, 2.05) is 67.6 Å². The molecule has 0 radical (unpaired) electrons. The molecule has 10 heteroatoms. The molecular formula is C24H22N4O3S3. The number of nitrogens with zero attached hydrogens (tertiary/aromatic N) is 3. The summed E-state index contributed by atoms with van der Waals surface area (Å²) in [6.45, 7) is 1.90. The van der Waals surface area contributed by atoms with Crippen LogP contribution in [0.4, 0.5) is 0 Å². The number of benzene rings is 2. The van der Waals surface area contributed by atoms with Crippen LogP contribution in [-0.4, -0.2) is 49.9 Å². The van der Waals surface area contributed by atoms with Gasteiger partial charge in [-0.1, -0.05) is 83.8 Å². The van der Waals surface area contributed by atoms with E-state index in [2.05, 4.69) is 10.2 Å². The van der Waals surface area contributed by atoms with Crippen LogP contribution in [0, 0.1) is 6.92 Å². The maximum absolute atomic E-state index is 13.7. The van der Waals surface area contributed by atoms with Gasteiger partial charge in [0.1, 0.15) is 22.1 Å². The zero-order chi connectivity index (χ0) is 23.7. The summed E-state index contributed by atoms with van der Waals surface area (Å²) in [5.41, 5.74) is 8.89. The summed E-state index contributed by atoms with van der Waals surface area (Å²) in [4.78, 5) is 27.9. The van der Waals surface area contributed by atoms with E-state index in [4.69, 9.17) is 10.5 Å². The van der Waals surface area contributed by atoms with Gasteiger partial charge in [0.2, 0.25) is 5.91 Å². The number of nitrogens with two attached hydrogens (primary N) is 1. The topological polar surface area (TPSA) is 98.4 Å². The average Bonchev–Trinajstić information content (AvgIpc) is 3.30. The Kier molecular flexibility index (Phi) is 6.73. The number of aromatic nitrogens is 2. The smallest absolute Gasteiger partial charge is 0.356 e. The lowest BCUT2D eigenvalue weighted by Crippen LogP contribution is -2.68. The number of amides is 1. The molecule has 0 aliphatic carbocycles. The fraction of sp³-hybridized carbons (Fsp3) is 0.250. The molecule has 2 atom stereocenters. The van der Waals surface area contributed by atoms with E-state index in [9.17, 15) is 9.59 Å². The maximum atomic E-state index is 13.7. The summed E-state index contributed by atoms with van der Waals surface area (Å²) >= 11 is 4.58. The molecule has 1 unspecified atom stereocenters. The van der Waals surface area contributed by atoms with Gasteiger partial charge >= 0.3 is 5.97 Å². The molecule has 1 aromatic heterocycles. The van der Waals surface area contributed by atoms with Crippen molar-refractivity contribution >= 4 is 46.7 Å². The molecule has 1 amide bonds. The van der Waals surface area contributed by atoms with Crippen molar-refractivity contribution in [2.75, 3.05) is 11.5 Å². The van der Waals surface area contributed by atoms with Crippen LogP contribution < -0.4 is 5.73 Å². The molecule has 2 N–H and O–H groups in total. The second-order valence-corrected chi connectivity index (χ2v) is 11.4. The highest BCUT2D eigenvalue weighted by atomic mass is 32.2. The Balaban J connectivity index is 1.47. The zero-order valence-electron chi connectivity index (χ0n) is 18.3. The first kappa shape index (κ1) is 23.1. The first-order valence-corrected chi connectivity index (χ1v) is 13.5. The second kappa shape index (κ2) is 9.91. The Morgan fingerprint density at radius 3 is 2.38 bits per heavy atom. The number of carbonyl (C=O) groups is 2.